The molecule has 7 nitrogen and oxygen atoms in total. The topological polar surface area (TPSA) is 99.4 Å². The van der Waals surface area contributed by atoms with Crippen molar-refractivity contribution >= 4 is 11.9 Å². The molecule has 1 saturated carbocycles. The minimum absolute atomic E-state index is 0.0216. The van der Waals surface area contributed by atoms with Crippen LogP contribution in [0.3, 0.4) is 0 Å². The summed E-state index contributed by atoms with van der Waals surface area (Å²) in [6.07, 6.45) is -3.89. The number of benzene rings is 1. The summed E-state index contributed by atoms with van der Waals surface area (Å²) in [5, 5.41) is 15.2. The Kier molecular flexibility index (Phi) is 5.94. The molecule has 2 aliphatic carbocycles. The Morgan fingerprint density at radius 3 is 2.31 bits per heavy atom. The van der Waals surface area contributed by atoms with Gasteiger partial charge in [0.2, 0.25) is 17.8 Å². The monoisotopic (exact) mass is 501 g/mol. The third kappa shape index (κ3) is 5.19. The van der Waals surface area contributed by atoms with Gasteiger partial charge in [0, 0.05) is 24.9 Å². The Morgan fingerprint density at radius 2 is 1.64 bits per heavy atom. The summed E-state index contributed by atoms with van der Waals surface area (Å²) in [6, 6.07) is 10.2. The van der Waals surface area contributed by atoms with Crippen LogP contribution in [0.2, 0.25) is 0 Å². The van der Waals surface area contributed by atoms with Gasteiger partial charge in [-0.2, -0.15) is 33.4 Å². The van der Waals surface area contributed by atoms with Crippen molar-refractivity contribution in [3.05, 3.63) is 58.8 Å². The lowest BCUT2D eigenvalue weighted by Gasteiger charge is -2.17. The van der Waals surface area contributed by atoms with Crippen molar-refractivity contribution in [2.24, 2.45) is 0 Å². The number of anilines is 2. The molecule has 3 aromatic rings. The molecule has 2 N–H and O–H groups in total. The second kappa shape index (κ2) is 8.96. The molecular formula is C24H20F5N7. The molecule has 36 heavy (non-hydrogen) atoms. The number of fused-ring (bicyclic) bond motifs is 1. The summed E-state index contributed by atoms with van der Waals surface area (Å²) in [4.78, 5) is 16.4. The Bertz CT molecular complexity index is 1340. The predicted octanol–water partition coefficient (Wildman–Crippen LogP) is 5.00. The van der Waals surface area contributed by atoms with Crippen molar-refractivity contribution in [1.29, 1.82) is 5.26 Å². The first-order chi connectivity index (χ1) is 17.1. The highest BCUT2D eigenvalue weighted by atomic mass is 19.4. The van der Waals surface area contributed by atoms with E-state index in [2.05, 4.69) is 36.6 Å². The minimum atomic E-state index is -4.65. The highest BCUT2D eigenvalue weighted by Gasteiger charge is 2.40. The third-order valence-electron chi connectivity index (χ3n) is 6.24. The van der Waals surface area contributed by atoms with Crippen molar-refractivity contribution in [3.63, 3.8) is 0 Å². The van der Waals surface area contributed by atoms with Crippen LogP contribution in [-0.2, 0) is 19.0 Å². The molecule has 0 bridgehead atoms. The summed E-state index contributed by atoms with van der Waals surface area (Å²) in [6.45, 7) is 0. The zero-order chi connectivity index (χ0) is 25.5. The second-order valence-corrected chi connectivity index (χ2v) is 9.00. The van der Waals surface area contributed by atoms with Crippen LogP contribution >= 0.6 is 0 Å². The Labute approximate surface area is 202 Å². The second-order valence-electron chi connectivity index (χ2n) is 9.00. The standard InChI is InChI=1S/C24H20F5N7/c25-23(26)7-6-16(11-23)31-21-34-20(18-2-1-3-19(33-18)24(27,28)29)35-22(36-21)32-17-9-14-5-4-13(12-30)8-15(14)10-17/h1-5,8,16-17H,6-7,9-11H2,(H2,31,32,34,35,36). The van der Waals surface area contributed by atoms with Crippen LogP contribution in [-0.4, -0.2) is 37.9 Å². The van der Waals surface area contributed by atoms with Crippen LogP contribution in [0.25, 0.3) is 11.5 Å². The van der Waals surface area contributed by atoms with Crippen molar-refractivity contribution in [2.45, 2.75) is 56.3 Å². The molecule has 0 aliphatic heterocycles. The van der Waals surface area contributed by atoms with E-state index in [4.69, 9.17) is 5.26 Å². The predicted molar refractivity (Wildman–Crippen MR) is 120 cm³/mol. The molecule has 5 rings (SSSR count). The smallest absolute Gasteiger partial charge is 0.351 e. The van der Waals surface area contributed by atoms with Gasteiger partial charge < -0.3 is 10.6 Å². The van der Waals surface area contributed by atoms with Gasteiger partial charge in [-0.05, 0) is 54.7 Å². The molecule has 186 valence electrons. The lowest BCUT2D eigenvalue weighted by atomic mass is 10.1. The molecule has 2 unspecified atom stereocenters. The Balaban J connectivity index is 1.44. The summed E-state index contributed by atoms with van der Waals surface area (Å²) in [7, 11) is 0. The number of nitrogens with zero attached hydrogens (tertiary/aromatic N) is 5. The van der Waals surface area contributed by atoms with E-state index >= 15 is 0 Å². The lowest BCUT2D eigenvalue weighted by Crippen LogP contribution is -2.24. The highest BCUT2D eigenvalue weighted by Crippen LogP contribution is 2.36. The van der Waals surface area contributed by atoms with E-state index in [1.54, 1.807) is 6.07 Å². The quantitative estimate of drug-likeness (QED) is 0.475. The fourth-order valence-electron chi connectivity index (χ4n) is 4.56. The van der Waals surface area contributed by atoms with Crippen molar-refractivity contribution < 1.29 is 22.0 Å². The maximum Gasteiger partial charge on any atom is 0.433 e. The fourth-order valence-corrected chi connectivity index (χ4v) is 4.56. The molecule has 1 aromatic carbocycles. The number of nitrogens with one attached hydrogen (secondary N) is 2. The summed E-state index contributed by atoms with van der Waals surface area (Å²) in [5.41, 5.74) is 1.40. The molecule has 2 atom stereocenters. The number of halogens is 5. The normalized spacial score (nSPS) is 20.6. The van der Waals surface area contributed by atoms with Crippen LogP contribution in [0, 0.1) is 11.3 Å². The third-order valence-corrected chi connectivity index (χ3v) is 6.24. The average Bonchev–Trinajstić information content (AvgIpc) is 3.39. The zero-order valence-electron chi connectivity index (χ0n) is 18.8. The molecule has 2 aromatic heterocycles. The molecule has 0 amide bonds. The summed E-state index contributed by atoms with van der Waals surface area (Å²) < 4.78 is 67.0. The molecule has 0 radical (unpaired) electrons. The molecule has 1 fully saturated rings. The van der Waals surface area contributed by atoms with E-state index in [0.717, 1.165) is 17.2 Å². The van der Waals surface area contributed by atoms with Gasteiger partial charge in [0.05, 0.1) is 11.6 Å². The number of aromatic nitrogens is 4. The Morgan fingerprint density at radius 1 is 0.917 bits per heavy atom. The summed E-state index contributed by atoms with van der Waals surface area (Å²) in [5.74, 6) is -2.85. The van der Waals surface area contributed by atoms with Crippen LogP contribution in [0.4, 0.5) is 33.8 Å². The van der Waals surface area contributed by atoms with Crippen LogP contribution in [0.1, 0.15) is 41.6 Å². The van der Waals surface area contributed by atoms with Crippen LogP contribution < -0.4 is 10.6 Å². The molecular weight excluding hydrogens is 481 g/mol. The molecule has 0 saturated heterocycles. The van der Waals surface area contributed by atoms with E-state index in [-0.39, 0.29) is 42.3 Å². The average molecular weight is 501 g/mol. The van der Waals surface area contributed by atoms with Gasteiger partial charge in [-0.1, -0.05) is 12.1 Å². The van der Waals surface area contributed by atoms with Crippen LogP contribution in [0.5, 0.6) is 0 Å². The lowest BCUT2D eigenvalue weighted by molar-refractivity contribution is -0.141. The maximum absolute atomic E-state index is 13.7. The van der Waals surface area contributed by atoms with Gasteiger partial charge in [0.25, 0.3) is 0 Å². The van der Waals surface area contributed by atoms with Gasteiger partial charge in [0.15, 0.2) is 5.82 Å². The van der Waals surface area contributed by atoms with Crippen molar-refractivity contribution in [2.75, 3.05) is 10.6 Å². The molecule has 12 heteroatoms. The summed E-state index contributed by atoms with van der Waals surface area (Å²) >= 11 is 0. The zero-order valence-corrected chi connectivity index (χ0v) is 18.8. The number of nitriles is 1. The van der Waals surface area contributed by atoms with Gasteiger partial charge in [-0.3, -0.25) is 0 Å². The maximum atomic E-state index is 13.7. The number of pyridine rings is 1. The van der Waals surface area contributed by atoms with Crippen molar-refractivity contribution in [3.8, 4) is 17.6 Å². The minimum Gasteiger partial charge on any atom is -0.351 e. The first-order valence-electron chi connectivity index (χ1n) is 11.3. The molecule has 2 aliphatic rings. The van der Waals surface area contributed by atoms with Gasteiger partial charge >= 0.3 is 6.18 Å². The Hall–Kier alpha value is -3.88. The first-order valence-corrected chi connectivity index (χ1v) is 11.3. The fraction of sp³-hybridized carbons (Fsp3) is 0.375. The van der Waals surface area contributed by atoms with Crippen LogP contribution in [0.15, 0.2) is 36.4 Å². The van der Waals surface area contributed by atoms with E-state index in [1.807, 2.05) is 12.1 Å². The number of hydrogen-bond acceptors (Lipinski definition) is 7. The molecule has 0 spiro atoms. The number of rotatable bonds is 5. The van der Waals surface area contributed by atoms with Gasteiger partial charge in [-0.15, -0.1) is 0 Å². The van der Waals surface area contributed by atoms with Gasteiger partial charge in [-0.25, -0.2) is 13.8 Å². The SMILES string of the molecule is N#Cc1ccc2c(c1)CC(Nc1nc(NC3CCC(F)(F)C3)nc(-c3cccc(C(F)(F)F)n3)n1)C2. The highest BCUT2D eigenvalue weighted by molar-refractivity contribution is 5.55. The van der Waals surface area contributed by atoms with Crippen molar-refractivity contribution in [1.82, 2.24) is 19.9 Å². The van der Waals surface area contributed by atoms with E-state index < -0.39 is 30.3 Å². The van der Waals surface area contributed by atoms with E-state index in [9.17, 15) is 22.0 Å². The van der Waals surface area contributed by atoms with E-state index in [0.29, 0.717) is 18.4 Å². The van der Waals surface area contributed by atoms with E-state index in [1.165, 1.54) is 12.1 Å². The number of alkyl halides is 5. The largest absolute Gasteiger partial charge is 0.433 e. The van der Waals surface area contributed by atoms with Gasteiger partial charge in [0.1, 0.15) is 11.4 Å². The first kappa shape index (κ1) is 23.8. The number of hydrogen-bond donors (Lipinski definition) is 2. The molecule has 2 heterocycles.